The molecule has 1 unspecified atom stereocenters. The van der Waals surface area contributed by atoms with Crippen molar-refractivity contribution in [3.05, 3.63) is 18.0 Å². The van der Waals surface area contributed by atoms with Crippen molar-refractivity contribution in [1.82, 2.24) is 15.1 Å². The summed E-state index contributed by atoms with van der Waals surface area (Å²) in [5.74, 6) is 0. The maximum absolute atomic E-state index is 12.1. The first kappa shape index (κ1) is 14.0. The maximum atomic E-state index is 12.1. The van der Waals surface area contributed by atoms with Gasteiger partial charge < -0.3 is 5.32 Å². The van der Waals surface area contributed by atoms with E-state index in [-0.39, 0.29) is 0 Å². The Kier molecular flexibility index (Phi) is 4.99. The lowest BCUT2D eigenvalue weighted by atomic mass is 10.2. The molecule has 0 aliphatic heterocycles. The Morgan fingerprint density at radius 1 is 1.47 bits per heavy atom. The molecule has 0 aliphatic carbocycles. The summed E-state index contributed by atoms with van der Waals surface area (Å²) < 4.78 is 38.0. The lowest BCUT2D eigenvalue weighted by Crippen LogP contribution is -2.30. The number of rotatable bonds is 6. The molecule has 0 saturated heterocycles. The minimum absolute atomic E-state index is 0.418. The van der Waals surface area contributed by atoms with E-state index in [2.05, 4.69) is 10.4 Å². The molecular weight excluding hydrogens is 231 g/mol. The monoisotopic (exact) mass is 249 g/mol. The van der Waals surface area contributed by atoms with Gasteiger partial charge in [-0.2, -0.15) is 18.3 Å². The van der Waals surface area contributed by atoms with Crippen molar-refractivity contribution in [2.45, 2.75) is 52.0 Å². The average molecular weight is 249 g/mol. The van der Waals surface area contributed by atoms with Gasteiger partial charge in [0.2, 0.25) is 0 Å². The summed E-state index contributed by atoms with van der Waals surface area (Å²) in [6.45, 7) is 4.83. The molecule has 1 atom stereocenters. The second-order valence-electron chi connectivity index (χ2n) is 4.21. The molecule has 1 aromatic rings. The smallest absolute Gasteiger partial charge is 0.310 e. The predicted molar refractivity (Wildman–Crippen MR) is 59.5 cm³/mol. The molecule has 17 heavy (non-hydrogen) atoms. The zero-order valence-corrected chi connectivity index (χ0v) is 10.1. The highest BCUT2D eigenvalue weighted by Crippen LogP contribution is 2.21. The molecule has 1 N–H and O–H groups in total. The van der Waals surface area contributed by atoms with E-state index in [1.807, 2.05) is 13.1 Å². The summed E-state index contributed by atoms with van der Waals surface area (Å²) in [6, 6.07) is -0.579. The Morgan fingerprint density at radius 3 is 2.76 bits per heavy atom. The van der Waals surface area contributed by atoms with E-state index in [1.54, 1.807) is 10.9 Å². The van der Waals surface area contributed by atoms with Crippen LogP contribution in [0.15, 0.2) is 12.4 Å². The first-order valence-electron chi connectivity index (χ1n) is 5.72. The van der Waals surface area contributed by atoms with E-state index >= 15 is 0 Å². The molecule has 0 bridgehead atoms. The fraction of sp³-hybridized carbons (Fsp3) is 0.727. The number of hydrogen-bond acceptors (Lipinski definition) is 2. The standard InChI is InChI=1S/C11H18F3N3/c1-3-4-17-8-10(7-16-17)6-15-9(2)5-11(12,13)14/h7-9,15H,3-6H2,1-2H3. The second-order valence-corrected chi connectivity index (χ2v) is 4.21. The first-order valence-corrected chi connectivity index (χ1v) is 5.72. The van der Waals surface area contributed by atoms with Gasteiger partial charge in [0.15, 0.2) is 0 Å². The Labute approximate surface area is 99.0 Å². The molecule has 0 fully saturated rings. The van der Waals surface area contributed by atoms with Gasteiger partial charge in [0.05, 0.1) is 12.6 Å². The minimum Gasteiger partial charge on any atom is -0.310 e. The molecule has 0 radical (unpaired) electrons. The van der Waals surface area contributed by atoms with E-state index in [0.29, 0.717) is 6.54 Å². The molecule has 1 heterocycles. The molecule has 0 amide bonds. The van der Waals surface area contributed by atoms with Crippen molar-refractivity contribution in [1.29, 1.82) is 0 Å². The summed E-state index contributed by atoms with van der Waals surface area (Å²) in [7, 11) is 0. The van der Waals surface area contributed by atoms with E-state index < -0.39 is 18.6 Å². The van der Waals surface area contributed by atoms with Crippen LogP contribution in [-0.4, -0.2) is 22.0 Å². The highest BCUT2D eigenvalue weighted by Gasteiger charge is 2.29. The van der Waals surface area contributed by atoms with Crippen LogP contribution in [0, 0.1) is 0 Å². The maximum Gasteiger partial charge on any atom is 0.390 e. The van der Waals surface area contributed by atoms with E-state index in [0.717, 1.165) is 18.5 Å². The Bertz CT molecular complexity index is 333. The molecule has 0 aromatic carbocycles. The molecule has 0 aliphatic rings. The summed E-state index contributed by atoms with van der Waals surface area (Å²) in [5, 5.41) is 6.95. The third-order valence-corrected chi connectivity index (χ3v) is 2.33. The average Bonchev–Trinajstić information content (AvgIpc) is 2.61. The quantitative estimate of drug-likeness (QED) is 0.840. The van der Waals surface area contributed by atoms with Gasteiger partial charge in [0.1, 0.15) is 0 Å². The van der Waals surface area contributed by atoms with Crippen LogP contribution in [0.25, 0.3) is 0 Å². The number of nitrogens with one attached hydrogen (secondary N) is 1. The minimum atomic E-state index is -4.11. The zero-order chi connectivity index (χ0) is 12.9. The number of alkyl halides is 3. The number of nitrogens with zero attached hydrogens (tertiary/aromatic N) is 2. The van der Waals surface area contributed by atoms with Crippen LogP contribution < -0.4 is 5.32 Å². The molecule has 1 rings (SSSR count). The van der Waals surface area contributed by atoms with Crippen molar-refractivity contribution < 1.29 is 13.2 Å². The van der Waals surface area contributed by atoms with Crippen LogP contribution in [0.5, 0.6) is 0 Å². The van der Waals surface area contributed by atoms with Crippen LogP contribution in [0.1, 0.15) is 32.3 Å². The second kappa shape index (κ2) is 6.05. The molecule has 0 spiro atoms. The normalized spacial score (nSPS) is 13.9. The van der Waals surface area contributed by atoms with Crippen molar-refractivity contribution >= 4 is 0 Å². The van der Waals surface area contributed by atoms with Crippen molar-refractivity contribution in [2.75, 3.05) is 0 Å². The van der Waals surface area contributed by atoms with Crippen LogP contribution in [0.3, 0.4) is 0 Å². The fourth-order valence-electron chi connectivity index (χ4n) is 1.56. The highest BCUT2D eigenvalue weighted by atomic mass is 19.4. The summed E-state index contributed by atoms with van der Waals surface area (Å²) in [5.41, 5.74) is 0.910. The molecule has 0 saturated carbocycles. The van der Waals surface area contributed by atoms with Gasteiger partial charge >= 0.3 is 6.18 Å². The summed E-state index contributed by atoms with van der Waals surface area (Å²) >= 11 is 0. The molecule has 1 aromatic heterocycles. The van der Waals surface area contributed by atoms with Crippen molar-refractivity contribution in [3.63, 3.8) is 0 Å². The number of aromatic nitrogens is 2. The molecule has 3 nitrogen and oxygen atoms in total. The fourth-order valence-corrected chi connectivity index (χ4v) is 1.56. The largest absolute Gasteiger partial charge is 0.390 e. The Balaban J connectivity index is 2.34. The van der Waals surface area contributed by atoms with Gasteiger partial charge in [0.25, 0.3) is 0 Å². The van der Waals surface area contributed by atoms with Gasteiger partial charge in [-0.3, -0.25) is 4.68 Å². The van der Waals surface area contributed by atoms with Crippen LogP contribution in [0.4, 0.5) is 13.2 Å². The third kappa shape index (κ3) is 5.72. The highest BCUT2D eigenvalue weighted by molar-refractivity contribution is 5.03. The van der Waals surface area contributed by atoms with Gasteiger partial charge in [-0.05, 0) is 13.3 Å². The lowest BCUT2D eigenvalue weighted by molar-refractivity contribution is -0.139. The van der Waals surface area contributed by atoms with Crippen molar-refractivity contribution in [3.8, 4) is 0 Å². The summed E-state index contributed by atoms with van der Waals surface area (Å²) in [4.78, 5) is 0. The predicted octanol–water partition coefficient (Wildman–Crippen LogP) is 2.72. The Hall–Kier alpha value is -1.04. The van der Waals surface area contributed by atoms with Gasteiger partial charge in [0, 0.05) is 30.9 Å². The molecule has 6 heteroatoms. The first-order chi connectivity index (χ1) is 7.90. The van der Waals surface area contributed by atoms with Gasteiger partial charge in [-0.15, -0.1) is 0 Å². The lowest BCUT2D eigenvalue weighted by Gasteiger charge is -2.14. The Morgan fingerprint density at radius 2 is 2.18 bits per heavy atom. The molecule has 98 valence electrons. The SMILES string of the molecule is CCCn1cc(CNC(C)CC(F)(F)F)cn1. The van der Waals surface area contributed by atoms with E-state index in [9.17, 15) is 13.2 Å². The third-order valence-electron chi connectivity index (χ3n) is 2.33. The van der Waals surface area contributed by atoms with Crippen LogP contribution in [-0.2, 0) is 13.1 Å². The van der Waals surface area contributed by atoms with E-state index in [4.69, 9.17) is 0 Å². The van der Waals surface area contributed by atoms with E-state index in [1.165, 1.54) is 6.92 Å². The zero-order valence-electron chi connectivity index (χ0n) is 10.1. The number of hydrogen-bond donors (Lipinski definition) is 1. The number of aryl methyl sites for hydroxylation is 1. The number of halogens is 3. The van der Waals surface area contributed by atoms with Gasteiger partial charge in [-0.1, -0.05) is 6.92 Å². The van der Waals surface area contributed by atoms with Gasteiger partial charge in [-0.25, -0.2) is 0 Å². The van der Waals surface area contributed by atoms with Crippen molar-refractivity contribution in [2.24, 2.45) is 0 Å². The van der Waals surface area contributed by atoms with Crippen LogP contribution >= 0.6 is 0 Å². The van der Waals surface area contributed by atoms with Crippen LogP contribution in [0.2, 0.25) is 0 Å². The summed E-state index contributed by atoms with van der Waals surface area (Å²) in [6.07, 6.45) is -0.395. The topological polar surface area (TPSA) is 29.9 Å². The molecular formula is C11H18F3N3.